The Morgan fingerprint density at radius 1 is 1.33 bits per heavy atom. The van der Waals surface area contributed by atoms with E-state index in [0.29, 0.717) is 22.9 Å². The summed E-state index contributed by atoms with van der Waals surface area (Å²) in [6, 6.07) is 7.29. The van der Waals surface area contributed by atoms with Gasteiger partial charge in [-0.1, -0.05) is 36.9 Å². The Morgan fingerprint density at radius 2 is 2.06 bits per heavy atom. The van der Waals surface area contributed by atoms with Gasteiger partial charge in [0.15, 0.2) is 0 Å². The van der Waals surface area contributed by atoms with Gasteiger partial charge in [0, 0.05) is 0 Å². The van der Waals surface area contributed by atoms with Gasteiger partial charge in [0.25, 0.3) is 0 Å². The van der Waals surface area contributed by atoms with Crippen LogP contribution in [0.1, 0.15) is 37.7 Å². The van der Waals surface area contributed by atoms with E-state index in [2.05, 4.69) is 6.07 Å². The normalized spacial score (nSPS) is 18.1. The van der Waals surface area contributed by atoms with Gasteiger partial charge in [0.05, 0.1) is 10.6 Å². The van der Waals surface area contributed by atoms with Gasteiger partial charge >= 0.3 is 0 Å². The number of hydrogen-bond donors (Lipinski definition) is 1. The molecule has 96 valence electrons. The minimum absolute atomic E-state index is 0.257. The first-order valence-corrected chi connectivity index (χ1v) is 6.63. The second-order valence-electron chi connectivity index (χ2n) is 4.94. The van der Waals surface area contributed by atoms with Crippen molar-refractivity contribution in [1.82, 2.24) is 0 Å². The van der Waals surface area contributed by atoms with Crippen molar-refractivity contribution in [2.75, 3.05) is 6.61 Å². The molecule has 0 saturated heterocycles. The van der Waals surface area contributed by atoms with Crippen LogP contribution in [0.2, 0.25) is 5.02 Å². The number of halogens is 1. The number of nitriles is 1. The summed E-state index contributed by atoms with van der Waals surface area (Å²) in [7, 11) is 0. The number of ether oxygens (including phenoxy) is 1. The maximum Gasteiger partial charge on any atom is 0.138 e. The summed E-state index contributed by atoms with van der Waals surface area (Å²) < 4.78 is 5.72. The summed E-state index contributed by atoms with van der Waals surface area (Å²) >= 11 is 5.95. The highest BCUT2D eigenvalue weighted by Gasteiger charge is 2.28. The minimum atomic E-state index is -0.257. The molecular formula is C14H17ClN2O. The molecular weight excluding hydrogens is 248 g/mol. The molecule has 1 aliphatic rings. The summed E-state index contributed by atoms with van der Waals surface area (Å²) in [5.74, 6) is 0.528. The monoisotopic (exact) mass is 264 g/mol. The topological polar surface area (TPSA) is 59.0 Å². The highest BCUT2D eigenvalue weighted by molar-refractivity contribution is 6.31. The van der Waals surface area contributed by atoms with Gasteiger partial charge in [-0.05, 0) is 25.0 Å². The van der Waals surface area contributed by atoms with Crippen molar-refractivity contribution in [3.63, 3.8) is 0 Å². The van der Waals surface area contributed by atoms with E-state index in [-0.39, 0.29) is 5.54 Å². The third-order valence-corrected chi connectivity index (χ3v) is 3.77. The highest BCUT2D eigenvalue weighted by atomic mass is 35.5. The molecule has 0 radical (unpaired) electrons. The van der Waals surface area contributed by atoms with Crippen LogP contribution in [0.3, 0.4) is 0 Å². The molecule has 0 spiro atoms. The highest BCUT2D eigenvalue weighted by Crippen LogP contribution is 2.29. The predicted molar refractivity (Wildman–Crippen MR) is 71.7 cm³/mol. The second kappa shape index (κ2) is 5.60. The van der Waals surface area contributed by atoms with Gasteiger partial charge in [-0.2, -0.15) is 5.26 Å². The van der Waals surface area contributed by atoms with Crippen molar-refractivity contribution < 1.29 is 4.74 Å². The average molecular weight is 265 g/mol. The van der Waals surface area contributed by atoms with Crippen molar-refractivity contribution in [3.05, 3.63) is 28.8 Å². The van der Waals surface area contributed by atoms with Gasteiger partial charge in [0.1, 0.15) is 24.0 Å². The minimum Gasteiger partial charge on any atom is -0.490 e. The molecule has 4 heteroatoms. The molecule has 3 nitrogen and oxygen atoms in total. The van der Waals surface area contributed by atoms with Crippen LogP contribution in [-0.2, 0) is 0 Å². The fourth-order valence-electron chi connectivity index (χ4n) is 2.35. The molecule has 0 heterocycles. The van der Waals surface area contributed by atoms with E-state index in [1.54, 1.807) is 18.2 Å². The van der Waals surface area contributed by atoms with E-state index >= 15 is 0 Å². The van der Waals surface area contributed by atoms with Gasteiger partial charge in [-0.25, -0.2) is 0 Å². The molecule has 0 atom stereocenters. The van der Waals surface area contributed by atoms with Gasteiger partial charge < -0.3 is 10.5 Å². The molecule has 0 aliphatic heterocycles. The van der Waals surface area contributed by atoms with E-state index in [1.165, 1.54) is 6.42 Å². The standard InChI is InChI=1S/C14H17ClN2O/c15-12-5-4-6-13(11(12)9-16)18-10-14(17)7-2-1-3-8-14/h4-6H,1-3,7-8,10,17H2. The zero-order valence-electron chi connectivity index (χ0n) is 10.3. The third-order valence-electron chi connectivity index (χ3n) is 3.45. The van der Waals surface area contributed by atoms with Crippen LogP contribution in [0.4, 0.5) is 0 Å². The molecule has 1 aliphatic carbocycles. The number of benzene rings is 1. The Kier molecular flexibility index (Phi) is 4.11. The quantitative estimate of drug-likeness (QED) is 0.912. The Labute approximate surface area is 112 Å². The summed E-state index contributed by atoms with van der Waals surface area (Å²) in [4.78, 5) is 0. The van der Waals surface area contributed by atoms with Crippen LogP contribution < -0.4 is 10.5 Å². The van der Waals surface area contributed by atoms with E-state index in [0.717, 1.165) is 25.7 Å². The number of nitrogens with two attached hydrogens (primary N) is 1. The molecule has 0 unspecified atom stereocenters. The van der Waals surface area contributed by atoms with E-state index in [9.17, 15) is 0 Å². The van der Waals surface area contributed by atoms with E-state index in [4.69, 9.17) is 27.3 Å². The first-order valence-electron chi connectivity index (χ1n) is 6.25. The first kappa shape index (κ1) is 13.2. The number of nitrogens with zero attached hydrogens (tertiary/aromatic N) is 1. The zero-order chi connectivity index (χ0) is 13.0. The lowest BCUT2D eigenvalue weighted by atomic mass is 9.83. The molecule has 1 aromatic rings. The van der Waals surface area contributed by atoms with Crippen molar-refractivity contribution in [3.8, 4) is 11.8 Å². The largest absolute Gasteiger partial charge is 0.490 e. The smallest absolute Gasteiger partial charge is 0.138 e. The summed E-state index contributed by atoms with van der Waals surface area (Å²) in [6.07, 6.45) is 5.52. The Balaban J connectivity index is 2.06. The van der Waals surface area contributed by atoms with Gasteiger partial charge in [-0.3, -0.25) is 0 Å². The van der Waals surface area contributed by atoms with Gasteiger partial charge in [0.2, 0.25) is 0 Å². The van der Waals surface area contributed by atoms with Crippen molar-refractivity contribution in [2.45, 2.75) is 37.6 Å². The third kappa shape index (κ3) is 2.95. The molecule has 0 amide bonds. The SMILES string of the molecule is N#Cc1c(Cl)cccc1OCC1(N)CCCCC1. The Morgan fingerprint density at radius 3 is 2.72 bits per heavy atom. The van der Waals surface area contributed by atoms with Crippen LogP contribution in [0.15, 0.2) is 18.2 Å². The zero-order valence-corrected chi connectivity index (χ0v) is 11.0. The molecule has 2 N–H and O–H groups in total. The van der Waals surface area contributed by atoms with Crippen LogP contribution in [0.5, 0.6) is 5.75 Å². The number of hydrogen-bond acceptors (Lipinski definition) is 3. The van der Waals surface area contributed by atoms with Crippen molar-refractivity contribution in [1.29, 1.82) is 5.26 Å². The molecule has 18 heavy (non-hydrogen) atoms. The molecule has 1 aromatic carbocycles. The molecule has 1 fully saturated rings. The van der Waals surface area contributed by atoms with Crippen LogP contribution in [0.25, 0.3) is 0 Å². The van der Waals surface area contributed by atoms with E-state index in [1.807, 2.05) is 0 Å². The molecule has 2 rings (SSSR count). The van der Waals surface area contributed by atoms with Crippen molar-refractivity contribution in [2.24, 2.45) is 5.73 Å². The fourth-order valence-corrected chi connectivity index (χ4v) is 2.56. The Hall–Kier alpha value is -1.24. The molecule has 0 bridgehead atoms. The van der Waals surface area contributed by atoms with Crippen LogP contribution in [-0.4, -0.2) is 12.1 Å². The lowest BCUT2D eigenvalue weighted by molar-refractivity contribution is 0.173. The average Bonchev–Trinajstić information content (AvgIpc) is 2.37. The van der Waals surface area contributed by atoms with E-state index < -0.39 is 0 Å². The van der Waals surface area contributed by atoms with Gasteiger partial charge in [-0.15, -0.1) is 0 Å². The van der Waals surface area contributed by atoms with Crippen molar-refractivity contribution >= 4 is 11.6 Å². The predicted octanol–water partition coefficient (Wildman–Crippen LogP) is 3.25. The fraction of sp³-hybridized carbons (Fsp3) is 0.500. The summed E-state index contributed by atoms with van der Waals surface area (Å²) in [6.45, 7) is 0.446. The molecule has 0 aromatic heterocycles. The lowest BCUT2D eigenvalue weighted by Gasteiger charge is -2.33. The van der Waals surface area contributed by atoms with Crippen LogP contribution in [0, 0.1) is 11.3 Å². The summed E-state index contributed by atoms with van der Waals surface area (Å²) in [5.41, 5.74) is 6.43. The lowest BCUT2D eigenvalue weighted by Crippen LogP contribution is -2.47. The Bertz CT molecular complexity index is 461. The van der Waals surface area contributed by atoms with Crippen LogP contribution >= 0.6 is 11.6 Å². The summed E-state index contributed by atoms with van der Waals surface area (Å²) in [5, 5.41) is 9.48. The second-order valence-corrected chi connectivity index (χ2v) is 5.34. The number of rotatable bonds is 3. The maximum absolute atomic E-state index is 9.05. The first-order chi connectivity index (χ1) is 8.64. The maximum atomic E-state index is 9.05. The molecule has 1 saturated carbocycles.